The molecule has 0 saturated heterocycles. The first-order valence-electron chi connectivity index (χ1n) is 3.72. The number of nitrogen functional groups attached to an aromatic ring is 1. The van der Waals surface area contributed by atoms with Crippen LogP contribution in [0.15, 0.2) is 18.2 Å². The summed E-state index contributed by atoms with van der Waals surface area (Å²) < 4.78 is 0. The molecule has 0 atom stereocenters. The van der Waals surface area contributed by atoms with Crippen LogP contribution in [0.5, 0.6) is 0 Å². The molecule has 0 radical (unpaired) electrons. The van der Waals surface area contributed by atoms with Crippen LogP contribution in [0.25, 0.3) is 0 Å². The van der Waals surface area contributed by atoms with E-state index in [1.165, 1.54) is 5.56 Å². The van der Waals surface area contributed by atoms with Crippen LogP contribution in [0.4, 0.5) is 5.69 Å². The SMILES string of the molecule is Cc1ccc(N)cc1CC(Cl)Cl. The van der Waals surface area contributed by atoms with Crippen LogP contribution in [-0.2, 0) is 6.42 Å². The van der Waals surface area contributed by atoms with Gasteiger partial charge in [0.2, 0.25) is 0 Å². The van der Waals surface area contributed by atoms with Gasteiger partial charge in [0.25, 0.3) is 0 Å². The molecule has 0 fully saturated rings. The predicted molar refractivity (Wildman–Crippen MR) is 54.8 cm³/mol. The van der Waals surface area contributed by atoms with Crippen LogP contribution in [0.3, 0.4) is 0 Å². The Morgan fingerprint density at radius 1 is 1.42 bits per heavy atom. The largest absolute Gasteiger partial charge is 0.399 e. The van der Waals surface area contributed by atoms with Crippen LogP contribution < -0.4 is 5.73 Å². The van der Waals surface area contributed by atoms with Crippen LogP contribution in [-0.4, -0.2) is 4.84 Å². The van der Waals surface area contributed by atoms with Crippen molar-refractivity contribution >= 4 is 28.9 Å². The van der Waals surface area contributed by atoms with Crippen molar-refractivity contribution in [2.24, 2.45) is 0 Å². The normalized spacial score (nSPS) is 10.7. The van der Waals surface area contributed by atoms with Crippen LogP contribution >= 0.6 is 23.2 Å². The molecule has 0 aliphatic carbocycles. The van der Waals surface area contributed by atoms with E-state index in [0.717, 1.165) is 11.3 Å². The highest BCUT2D eigenvalue weighted by atomic mass is 35.5. The molecule has 0 saturated carbocycles. The molecule has 0 amide bonds. The first-order chi connectivity index (χ1) is 5.59. The van der Waals surface area contributed by atoms with Gasteiger partial charge in [-0.15, -0.1) is 23.2 Å². The lowest BCUT2D eigenvalue weighted by molar-refractivity contribution is 1.06. The third kappa shape index (κ3) is 2.58. The molecule has 0 aliphatic rings. The zero-order valence-electron chi connectivity index (χ0n) is 6.85. The summed E-state index contributed by atoms with van der Waals surface area (Å²) >= 11 is 11.3. The van der Waals surface area contributed by atoms with Crippen molar-refractivity contribution in [3.8, 4) is 0 Å². The number of alkyl halides is 2. The minimum Gasteiger partial charge on any atom is -0.399 e. The van der Waals surface area contributed by atoms with Crippen LogP contribution in [0.1, 0.15) is 11.1 Å². The smallest absolute Gasteiger partial charge is 0.111 e. The molecule has 0 bridgehead atoms. The highest BCUT2D eigenvalue weighted by Gasteiger charge is 2.04. The van der Waals surface area contributed by atoms with E-state index in [9.17, 15) is 0 Å². The average molecular weight is 204 g/mol. The second-order valence-corrected chi connectivity index (χ2v) is 4.06. The Morgan fingerprint density at radius 2 is 2.08 bits per heavy atom. The highest BCUT2D eigenvalue weighted by Crippen LogP contribution is 2.17. The second-order valence-electron chi connectivity index (χ2n) is 2.78. The molecule has 2 N–H and O–H groups in total. The van der Waals surface area contributed by atoms with Gasteiger partial charge in [-0.3, -0.25) is 0 Å². The van der Waals surface area contributed by atoms with Crippen LogP contribution in [0, 0.1) is 6.92 Å². The summed E-state index contributed by atoms with van der Waals surface area (Å²) in [5.74, 6) is 0. The summed E-state index contributed by atoms with van der Waals surface area (Å²) in [5.41, 5.74) is 8.66. The van der Waals surface area contributed by atoms with Crippen molar-refractivity contribution in [1.82, 2.24) is 0 Å². The maximum atomic E-state index is 5.66. The predicted octanol–water partition coefficient (Wildman–Crippen LogP) is 2.92. The number of aryl methyl sites for hydroxylation is 1. The van der Waals surface area contributed by atoms with Crippen molar-refractivity contribution in [2.75, 3.05) is 5.73 Å². The van der Waals surface area contributed by atoms with Crippen molar-refractivity contribution < 1.29 is 0 Å². The van der Waals surface area contributed by atoms with E-state index in [1.54, 1.807) is 0 Å². The van der Waals surface area contributed by atoms with E-state index in [0.29, 0.717) is 6.42 Å². The molecule has 3 heteroatoms. The van der Waals surface area contributed by atoms with Gasteiger partial charge in [0.05, 0.1) is 0 Å². The molecule has 1 nitrogen and oxygen atoms in total. The van der Waals surface area contributed by atoms with E-state index >= 15 is 0 Å². The van der Waals surface area contributed by atoms with E-state index in [1.807, 2.05) is 25.1 Å². The second kappa shape index (κ2) is 4.01. The fraction of sp³-hybridized carbons (Fsp3) is 0.333. The number of nitrogens with two attached hydrogens (primary N) is 1. The zero-order chi connectivity index (χ0) is 9.14. The van der Waals surface area contributed by atoms with Gasteiger partial charge in [0, 0.05) is 12.1 Å². The fourth-order valence-corrected chi connectivity index (χ4v) is 1.41. The number of benzene rings is 1. The van der Waals surface area contributed by atoms with E-state index in [4.69, 9.17) is 28.9 Å². The summed E-state index contributed by atoms with van der Waals surface area (Å²) in [6.45, 7) is 2.02. The Kier molecular flexibility index (Phi) is 3.24. The Bertz CT molecular complexity index is 271. The molecule has 1 rings (SSSR count). The number of halogens is 2. The minimum absolute atomic E-state index is 0.356. The summed E-state index contributed by atoms with van der Waals surface area (Å²) in [6, 6.07) is 5.75. The molecule has 0 aliphatic heterocycles. The van der Waals surface area contributed by atoms with Gasteiger partial charge in [0.1, 0.15) is 4.84 Å². The van der Waals surface area contributed by atoms with Gasteiger partial charge in [-0.1, -0.05) is 6.07 Å². The molecule has 0 spiro atoms. The molecular weight excluding hydrogens is 193 g/mol. The maximum absolute atomic E-state index is 5.66. The van der Waals surface area contributed by atoms with Gasteiger partial charge in [-0.05, 0) is 30.2 Å². The summed E-state index contributed by atoms with van der Waals surface area (Å²) in [7, 11) is 0. The molecule has 1 aromatic rings. The Labute approximate surface area is 82.5 Å². The molecule has 0 heterocycles. The van der Waals surface area contributed by atoms with E-state index < -0.39 is 0 Å². The summed E-state index contributed by atoms with van der Waals surface area (Å²) in [6.07, 6.45) is 0.653. The molecule has 0 aromatic heterocycles. The Morgan fingerprint density at radius 3 is 2.67 bits per heavy atom. The quantitative estimate of drug-likeness (QED) is 0.581. The minimum atomic E-state index is -0.356. The molecule has 1 aromatic carbocycles. The third-order valence-corrected chi connectivity index (χ3v) is 2.06. The fourth-order valence-electron chi connectivity index (χ4n) is 1.08. The average Bonchev–Trinajstić information content (AvgIpc) is 1.96. The monoisotopic (exact) mass is 203 g/mol. The van der Waals surface area contributed by atoms with Crippen molar-refractivity contribution in [3.05, 3.63) is 29.3 Å². The first-order valence-corrected chi connectivity index (χ1v) is 4.60. The zero-order valence-corrected chi connectivity index (χ0v) is 8.36. The molecule has 12 heavy (non-hydrogen) atoms. The van der Waals surface area contributed by atoms with E-state index in [2.05, 4.69) is 0 Å². The van der Waals surface area contributed by atoms with Gasteiger partial charge < -0.3 is 5.73 Å². The lowest BCUT2D eigenvalue weighted by Crippen LogP contribution is -1.98. The lowest BCUT2D eigenvalue weighted by Gasteiger charge is -2.06. The Hall–Kier alpha value is -0.400. The van der Waals surface area contributed by atoms with Crippen molar-refractivity contribution in [2.45, 2.75) is 18.2 Å². The van der Waals surface area contributed by atoms with Gasteiger partial charge in [-0.2, -0.15) is 0 Å². The van der Waals surface area contributed by atoms with Crippen molar-refractivity contribution in [3.63, 3.8) is 0 Å². The molecule has 0 unspecified atom stereocenters. The number of hydrogen-bond acceptors (Lipinski definition) is 1. The standard InChI is InChI=1S/C9H11Cl2N/c1-6-2-3-8(12)4-7(6)5-9(10)11/h2-4,9H,5,12H2,1H3. The Balaban J connectivity index is 2.90. The summed E-state index contributed by atoms with van der Waals surface area (Å²) in [5, 5.41) is 0. The number of hydrogen-bond donors (Lipinski definition) is 1. The van der Waals surface area contributed by atoms with Gasteiger partial charge >= 0.3 is 0 Å². The topological polar surface area (TPSA) is 26.0 Å². The van der Waals surface area contributed by atoms with E-state index in [-0.39, 0.29) is 4.84 Å². The number of anilines is 1. The summed E-state index contributed by atoms with van der Waals surface area (Å²) in [4.78, 5) is -0.356. The van der Waals surface area contributed by atoms with Gasteiger partial charge in [0.15, 0.2) is 0 Å². The van der Waals surface area contributed by atoms with Crippen molar-refractivity contribution in [1.29, 1.82) is 0 Å². The maximum Gasteiger partial charge on any atom is 0.111 e. The molecular formula is C9H11Cl2N. The highest BCUT2D eigenvalue weighted by molar-refractivity contribution is 6.44. The molecule has 66 valence electrons. The first kappa shape index (κ1) is 9.69. The van der Waals surface area contributed by atoms with Crippen LogP contribution in [0.2, 0.25) is 0 Å². The lowest BCUT2D eigenvalue weighted by atomic mass is 10.1. The van der Waals surface area contributed by atoms with Gasteiger partial charge in [-0.25, -0.2) is 0 Å². The number of rotatable bonds is 2. The third-order valence-electron chi connectivity index (χ3n) is 1.75.